The molecular formula is C12H9BN6O3. The van der Waals surface area contributed by atoms with E-state index in [1.165, 1.54) is 12.4 Å². The standard InChI is InChI=1S/C12H9BN6O3/c20-13-8-2-1-3-10(7(8)6-21-13)22-11-5-14-9(4-15-11)12-16-18-19-17-12/h1-5,20H,6H2,(H,16,17,18,19). The Hall–Kier alpha value is -2.85. The molecule has 1 aliphatic heterocycles. The van der Waals surface area contributed by atoms with Crippen molar-refractivity contribution in [2.24, 2.45) is 0 Å². The summed E-state index contributed by atoms with van der Waals surface area (Å²) < 4.78 is 10.9. The summed E-state index contributed by atoms with van der Waals surface area (Å²) in [6.45, 7) is 0.293. The van der Waals surface area contributed by atoms with Crippen LogP contribution in [0.5, 0.6) is 11.6 Å². The van der Waals surface area contributed by atoms with Gasteiger partial charge in [0.05, 0.1) is 19.0 Å². The molecule has 0 unspecified atom stereocenters. The van der Waals surface area contributed by atoms with Gasteiger partial charge in [-0.3, -0.25) is 0 Å². The molecule has 1 aromatic carbocycles. The van der Waals surface area contributed by atoms with Crippen LogP contribution in [0.1, 0.15) is 5.56 Å². The molecule has 1 aliphatic rings. The predicted octanol–water partition coefficient (Wildman–Crippen LogP) is -0.333. The Kier molecular flexibility index (Phi) is 3.02. The Morgan fingerprint density at radius 3 is 3.00 bits per heavy atom. The first-order chi connectivity index (χ1) is 10.8. The number of H-pyrrole nitrogens is 1. The molecule has 0 saturated heterocycles. The monoisotopic (exact) mass is 296 g/mol. The summed E-state index contributed by atoms with van der Waals surface area (Å²) in [6, 6.07) is 5.37. The molecule has 9 nitrogen and oxygen atoms in total. The fraction of sp³-hybridized carbons (Fsp3) is 0.0833. The van der Waals surface area contributed by atoms with E-state index in [9.17, 15) is 5.02 Å². The van der Waals surface area contributed by atoms with Gasteiger partial charge < -0.3 is 14.4 Å². The highest BCUT2D eigenvalue weighted by atomic mass is 16.5. The summed E-state index contributed by atoms with van der Waals surface area (Å²) in [4.78, 5) is 8.34. The van der Waals surface area contributed by atoms with E-state index in [2.05, 4.69) is 30.6 Å². The number of aromatic amines is 1. The molecule has 0 amide bonds. The number of nitrogens with zero attached hydrogens (tertiary/aromatic N) is 5. The van der Waals surface area contributed by atoms with E-state index in [1.54, 1.807) is 18.2 Å². The van der Waals surface area contributed by atoms with Gasteiger partial charge in [-0.25, -0.2) is 9.97 Å². The lowest BCUT2D eigenvalue weighted by Gasteiger charge is -2.08. The zero-order valence-electron chi connectivity index (χ0n) is 11.2. The number of hydrogen-bond donors (Lipinski definition) is 2. The van der Waals surface area contributed by atoms with Crippen LogP contribution >= 0.6 is 0 Å². The van der Waals surface area contributed by atoms with Crippen molar-refractivity contribution in [3.63, 3.8) is 0 Å². The van der Waals surface area contributed by atoms with E-state index in [0.717, 1.165) is 5.56 Å². The van der Waals surface area contributed by atoms with E-state index in [0.29, 0.717) is 35.2 Å². The number of nitrogens with one attached hydrogen (secondary N) is 1. The number of fused-ring (bicyclic) bond motifs is 1. The Morgan fingerprint density at radius 1 is 1.27 bits per heavy atom. The molecule has 3 aromatic rings. The second kappa shape index (κ2) is 5.17. The average molecular weight is 296 g/mol. The van der Waals surface area contributed by atoms with E-state index >= 15 is 0 Å². The Morgan fingerprint density at radius 2 is 2.23 bits per heavy atom. The van der Waals surface area contributed by atoms with Crippen molar-refractivity contribution in [3.8, 4) is 23.1 Å². The summed E-state index contributed by atoms with van der Waals surface area (Å²) in [5.74, 6) is 1.26. The zero-order valence-corrected chi connectivity index (χ0v) is 11.2. The summed E-state index contributed by atoms with van der Waals surface area (Å²) >= 11 is 0. The minimum atomic E-state index is -0.912. The highest BCUT2D eigenvalue weighted by Crippen LogP contribution is 2.26. The summed E-state index contributed by atoms with van der Waals surface area (Å²) in [5.41, 5.74) is 1.99. The van der Waals surface area contributed by atoms with Crippen molar-refractivity contribution >= 4 is 12.6 Å². The third-order valence-corrected chi connectivity index (χ3v) is 3.24. The lowest BCUT2D eigenvalue weighted by atomic mass is 9.79. The molecule has 0 spiro atoms. The molecule has 2 N–H and O–H groups in total. The maximum absolute atomic E-state index is 9.69. The molecule has 10 heteroatoms. The fourth-order valence-electron chi connectivity index (χ4n) is 2.18. The topological polar surface area (TPSA) is 119 Å². The normalized spacial score (nSPS) is 13.2. The van der Waals surface area contributed by atoms with Crippen molar-refractivity contribution in [1.82, 2.24) is 30.6 Å². The van der Waals surface area contributed by atoms with Gasteiger partial charge in [-0.2, -0.15) is 5.21 Å². The van der Waals surface area contributed by atoms with E-state index in [1.807, 2.05) is 0 Å². The molecule has 3 heterocycles. The fourth-order valence-corrected chi connectivity index (χ4v) is 2.18. The Balaban J connectivity index is 1.60. The zero-order chi connectivity index (χ0) is 14.9. The Labute approximate surface area is 124 Å². The number of tetrazole rings is 1. The maximum atomic E-state index is 9.69. The van der Waals surface area contributed by atoms with Crippen LogP contribution in [0.2, 0.25) is 0 Å². The van der Waals surface area contributed by atoms with E-state index in [-0.39, 0.29) is 0 Å². The number of benzene rings is 1. The molecule has 0 radical (unpaired) electrons. The molecule has 0 aliphatic carbocycles. The molecule has 0 saturated carbocycles. The van der Waals surface area contributed by atoms with Gasteiger partial charge in [-0.15, -0.1) is 10.2 Å². The van der Waals surface area contributed by atoms with Crippen LogP contribution in [0, 0.1) is 0 Å². The lowest BCUT2D eigenvalue weighted by Crippen LogP contribution is -2.27. The highest BCUT2D eigenvalue weighted by Gasteiger charge is 2.29. The van der Waals surface area contributed by atoms with Crippen LogP contribution in [0.3, 0.4) is 0 Å². The van der Waals surface area contributed by atoms with Crippen LogP contribution < -0.4 is 10.2 Å². The smallest absolute Gasteiger partial charge is 0.437 e. The minimum absolute atomic E-state index is 0.293. The first kappa shape index (κ1) is 12.9. The second-order valence-electron chi connectivity index (χ2n) is 4.56. The Bertz CT molecular complexity index is 795. The first-order valence-electron chi connectivity index (χ1n) is 6.46. The SMILES string of the molecule is OB1OCc2c(Oc3cnc(-c4nn[nH]n4)cn3)cccc21. The van der Waals surface area contributed by atoms with Crippen LogP contribution in [-0.4, -0.2) is 42.7 Å². The van der Waals surface area contributed by atoms with E-state index in [4.69, 9.17) is 9.39 Å². The van der Waals surface area contributed by atoms with Crippen molar-refractivity contribution in [2.45, 2.75) is 6.61 Å². The van der Waals surface area contributed by atoms with Crippen molar-refractivity contribution in [3.05, 3.63) is 36.2 Å². The number of ether oxygens (including phenoxy) is 1. The molecule has 0 fully saturated rings. The quantitative estimate of drug-likeness (QED) is 0.630. The largest absolute Gasteiger partial charge is 0.491 e. The molecule has 0 atom stereocenters. The highest BCUT2D eigenvalue weighted by molar-refractivity contribution is 6.61. The van der Waals surface area contributed by atoms with Gasteiger partial charge in [-0.05, 0) is 16.7 Å². The van der Waals surface area contributed by atoms with Crippen molar-refractivity contribution < 1.29 is 14.4 Å². The predicted molar refractivity (Wildman–Crippen MR) is 74.1 cm³/mol. The maximum Gasteiger partial charge on any atom is 0.491 e. The van der Waals surface area contributed by atoms with E-state index < -0.39 is 7.12 Å². The molecule has 0 bridgehead atoms. The molecular weight excluding hydrogens is 287 g/mol. The van der Waals surface area contributed by atoms with Crippen molar-refractivity contribution in [1.29, 1.82) is 0 Å². The van der Waals surface area contributed by atoms with Crippen LogP contribution in [0.4, 0.5) is 0 Å². The van der Waals surface area contributed by atoms with Crippen LogP contribution in [-0.2, 0) is 11.3 Å². The van der Waals surface area contributed by atoms with Gasteiger partial charge in [-0.1, -0.05) is 12.1 Å². The second-order valence-corrected chi connectivity index (χ2v) is 4.56. The molecule has 2 aromatic heterocycles. The molecule has 22 heavy (non-hydrogen) atoms. The third kappa shape index (κ3) is 2.20. The summed E-state index contributed by atoms with van der Waals surface area (Å²) in [6.07, 6.45) is 2.96. The van der Waals surface area contributed by atoms with Gasteiger partial charge in [0.15, 0.2) is 0 Å². The van der Waals surface area contributed by atoms with Gasteiger partial charge in [0, 0.05) is 5.56 Å². The van der Waals surface area contributed by atoms with Crippen molar-refractivity contribution in [2.75, 3.05) is 0 Å². The number of aromatic nitrogens is 6. The third-order valence-electron chi connectivity index (χ3n) is 3.24. The first-order valence-corrected chi connectivity index (χ1v) is 6.46. The van der Waals surface area contributed by atoms with Gasteiger partial charge in [0.2, 0.25) is 11.7 Å². The van der Waals surface area contributed by atoms with Gasteiger partial charge >= 0.3 is 7.12 Å². The summed E-state index contributed by atoms with van der Waals surface area (Å²) in [5, 5.41) is 23.1. The lowest BCUT2D eigenvalue weighted by molar-refractivity contribution is 0.272. The number of rotatable bonds is 3. The van der Waals surface area contributed by atoms with Gasteiger partial charge in [0.1, 0.15) is 11.4 Å². The van der Waals surface area contributed by atoms with Gasteiger partial charge in [0.25, 0.3) is 0 Å². The van der Waals surface area contributed by atoms with Crippen LogP contribution in [0.15, 0.2) is 30.6 Å². The summed E-state index contributed by atoms with van der Waals surface area (Å²) in [7, 11) is -0.912. The minimum Gasteiger partial charge on any atom is -0.437 e. The number of hydrogen-bond acceptors (Lipinski definition) is 8. The van der Waals surface area contributed by atoms with Crippen LogP contribution in [0.25, 0.3) is 11.5 Å². The average Bonchev–Trinajstić information content (AvgIpc) is 3.19. The molecule has 108 valence electrons. The molecule has 4 rings (SSSR count).